The van der Waals surface area contributed by atoms with Crippen molar-refractivity contribution in [3.63, 3.8) is 0 Å². The molecule has 0 saturated carbocycles. The fourth-order valence-electron chi connectivity index (χ4n) is 8.78. The van der Waals surface area contributed by atoms with E-state index in [1.807, 2.05) is 38.1 Å². The van der Waals surface area contributed by atoms with Gasteiger partial charge in [0, 0.05) is 12.8 Å². The van der Waals surface area contributed by atoms with Crippen LogP contribution in [0.15, 0.2) is 109 Å². The summed E-state index contributed by atoms with van der Waals surface area (Å²) >= 11 is 0. The summed E-state index contributed by atoms with van der Waals surface area (Å²) in [5.74, 6) is -0.916. The highest BCUT2D eigenvalue weighted by molar-refractivity contribution is 5.59. The molecule has 0 spiro atoms. The van der Waals surface area contributed by atoms with E-state index in [0.29, 0.717) is 22.3 Å². The van der Waals surface area contributed by atoms with E-state index in [4.69, 9.17) is 23.7 Å². The number of aliphatic hydroxyl groups is 7. The Morgan fingerprint density at radius 3 is 1.27 bits per heavy atom. The first-order valence-electron chi connectivity index (χ1n) is 24.7. The molecule has 10 atom stereocenters. The molecule has 8 rings (SSSR count). The highest BCUT2D eigenvalue weighted by Crippen LogP contribution is 2.41. The van der Waals surface area contributed by atoms with E-state index in [1.165, 1.54) is 0 Å². The van der Waals surface area contributed by atoms with Crippen LogP contribution in [-0.4, -0.2) is 143 Å². The van der Waals surface area contributed by atoms with Gasteiger partial charge in [0.1, 0.15) is 66.8 Å². The van der Waals surface area contributed by atoms with Gasteiger partial charge >= 0.3 is 18.5 Å². The Bertz CT molecular complexity index is 2850. The first-order valence-corrected chi connectivity index (χ1v) is 24.7. The number of halogens is 6. The number of aryl methyl sites for hydroxylation is 2. The van der Waals surface area contributed by atoms with Gasteiger partial charge in [-0.15, -0.1) is 10.2 Å². The van der Waals surface area contributed by atoms with Gasteiger partial charge in [-0.1, -0.05) is 130 Å². The summed E-state index contributed by atoms with van der Waals surface area (Å²) in [4.78, 5) is 11.4. The van der Waals surface area contributed by atoms with Crippen molar-refractivity contribution in [3.05, 3.63) is 165 Å². The second-order valence-electron chi connectivity index (χ2n) is 18.5. The minimum Gasteiger partial charge on any atom is -0.443 e. The predicted molar refractivity (Wildman–Crippen MR) is 270 cm³/mol. The Morgan fingerprint density at radius 2 is 0.911 bits per heavy atom. The number of benzene rings is 4. The summed E-state index contributed by atoms with van der Waals surface area (Å²) in [5, 5.41) is 79.5. The fraction of sp³-hybridized carbons (Fsp3) is 0.436. The van der Waals surface area contributed by atoms with Gasteiger partial charge in [-0.05, 0) is 46.2 Å². The zero-order valence-corrected chi connectivity index (χ0v) is 42.4. The molecule has 24 heteroatoms. The van der Waals surface area contributed by atoms with Gasteiger partial charge in [0.25, 0.3) is 0 Å². The number of carbonyl (C=O) groups excluding carboxylic acids is 1. The summed E-state index contributed by atoms with van der Waals surface area (Å²) < 4.78 is 120. The maximum absolute atomic E-state index is 14.6. The monoisotopic (exact) mass is 1120 g/mol. The van der Waals surface area contributed by atoms with Crippen LogP contribution in [0.2, 0.25) is 0 Å². The van der Waals surface area contributed by atoms with E-state index in [-0.39, 0.29) is 44.5 Å². The van der Waals surface area contributed by atoms with E-state index in [0.717, 1.165) is 40.4 Å². The lowest BCUT2D eigenvalue weighted by Gasteiger charge is -2.39. The number of hydrogen-bond donors (Lipinski definition) is 7. The maximum atomic E-state index is 14.6. The van der Waals surface area contributed by atoms with Crippen LogP contribution in [0.1, 0.15) is 77.2 Å². The number of ether oxygens (including phenoxy) is 6. The largest absolute Gasteiger partial charge is 0.508 e. The van der Waals surface area contributed by atoms with Crippen LogP contribution >= 0.6 is 0 Å². The number of nitrogens with zero attached hydrogens (tertiary/aromatic N) is 4. The van der Waals surface area contributed by atoms with Crippen LogP contribution < -0.4 is 9.47 Å². The molecule has 0 aliphatic carbocycles. The first-order chi connectivity index (χ1) is 37.1. The Kier molecular flexibility index (Phi) is 21.1. The Labute approximate surface area is 450 Å². The van der Waals surface area contributed by atoms with Crippen LogP contribution in [0, 0.1) is 0 Å². The lowest BCUT2D eigenvalue weighted by atomic mass is 9.99. The van der Waals surface area contributed by atoms with Crippen molar-refractivity contribution in [2.75, 3.05) is 20.3 Å². The quantitative estimate of drug-likeness (QED) is 0.0409. The first kappa shape index (κ1) is 61.6. The average Bonchev–Trinajstić information content (AvgIpc) is 4.21. The number of hydrogen-bond acceptors (Lipinski definition) is 16. The number of carbonyl (C=O) groups is 1. The molecule has 2 aliphatic rings. The molecule has 0 radical (unpaired) electrons. The molecule has 4 aromatic carbocycles. The SMILES string of the molecule is C.CCc1ccc(Cc2c(O[C@@H]3O[C@H](CO)[C@@H](O)[C@H](O)[C@H]3O)nn(Cc3ccccc3)c2C(F)(F)F)cc1.CCc1ccc(Cc2c(O[C@@H]3O[C@H](COC(=O)OC)[C@@H](O)[C@H](O)[C@H]3O)nn(Cc3ccccc3)c2C(F)(F)F)cc1. The molecule has 7 N–H and O–H groups in total. The standard InChI is InChI=1S/C28H31F3N2O8.C26H29F3N2O6.CH4/c1-3-16-9-11-17(12-10-16)13-19-24(28(29,30)31)33(14-18-7-5-4-6-8-18)32-25(19)41-26-23(36)22(35)21(34)20(40-26)15-39-27(37)38-2;1-2-15-8-10-16(11-9-15)12-18-23(26(27,28)29)31(13-17-6-4-3-5-7-17)30-24(18)37-25-22(35)21(34)20(33)19(14-32)36-25;/h4-12,20-23,26,34-36H,3,13-15H2,1-2H3;3-11,19-22,25,32-35H,2,12-14H2,1H3;1H4/t20-,21-,22+,23-,26+;19-,20-,21+,22-,25+;/m11./s1. The number of aromatic nitrogens is 4. The van der Waals surface area contributed by atoms with Gasteiger partial charge in [-0.25, -0.2) is 4.79 Å². The maximum Gasteiger partial charge on any atom is 0.508 e. The van der Waals surface area contributed by atoms with Crippen LogP contribution in [0.5, 0.6) is 11.8 Å². The number of rotatable bonds is 17. The summed E-state index contributed by atoms with van der Waals surface area (Å²) in [7, 11) is 1.06. The van der Waals surface area contributed by atoms with Crippen LogP contribution in [0.3, 0.4) is 0 Å². The zero-order valence-electron chi connectivity index (χ0n) is 42.4. The molecule has 6 aromatic rings. The molecule has 18 nitrogen and oxygen atoms in total. The third-order valence-corrected chi connectivity index (χ3v) is 13.0. The molecule has 2 aliphatic heterocycles. The van der Waals surface area contributed by atoms with Gasteiger partial charge in [0.05, 0.1) is 37.9 Å². The van der Waals surface area contributed by atoms with Crippen LogP contribution in [0.25, 0.3) is 0 Å². The van der Waals surface area contributed by atoms with Gasteiger partial charge in [0.15, 0.2) is 0 Å². The molecule has 2 aromatic heterocycles. The smallest absolute Gasteiger partial charge is 0.443 e. The molecule has 2 fully saturated rings. The normalized spacial score (nSPS) is 23.2. The van der Waals surface area contributed by atoms with Crippen molar-refractivity contribution in [2.24, 2.45) is 0 Å². The Morgan fingerprint density at radius 1 is 0.544 bits per heavy atom. The lowest BCUT2D eigenvalue weighted by molar-refractivity contribution is -0.278. The third kappa shape index (κ3) is 15.2. The molecular formula is C55H64F6N4O14. The van der Waals surface area contributed by atoms with Crippen molar-refractivity contribution in [1.29, 1.82) is 0 Å². The second kappa shape index (κ2) is 27.0. The molecule has 4 heterocycles. The molecule has 0 unspecified atom stereocenters. The Balaban J connectivity index is 0.000000253. The molecule has 2 saturated heterocycles. The van der Waals surface area contributed by atoms with Gasteiger partial charge in [0.2, 0.25) is 24.3 Å². The van der Waals surface area contributed by atoms with Crippen LogP contribution in [-0.2, 0) is 70.1 Å². The average molecular weight is 1120 g/mol. The van der Waals surface area contributed by atoms with Gasteiger partial charge in [-0.3, -0.25) is 9.36 Å². The van der Waals surface area contributed by atoms with Crippen molar-refractivity contribution in [2.45, 2.75) is 134 Å². The van der Waals surface area contributed by atoms with Gasteiger partial charge < -0.3 is 64.2 Å². The number of alkyl halides is 6. The molecule has 79 heavy (non-hydrogen) atoms. The fourth-order valence-corrected chi connectivity index (χ4v) is 8.78. The number of methoxy groups -OCH3 is 1. The lowest BCUT2D eigenvalue weighted by Crippen LogP contribution is -2.60. The molecule has 0 amide bonds. The minimum atomic E-state index is -4.83. The Hall–Kier alpha value is -6.61. The summed E-state index contributed by atoms with van der Waals surface area (Å²) in [6, 6.07) is 31.1. The number of aliphatic hydroxyl groups excluding tert-OH is 7. The van der Waals surface area contributed by atoms with Crippen LogP contribution in [0.4, 0.5) is 31.1 Å². The minimum absolute atomic E-state index is 0. The van der Waals surface area contributed by atoms with Crippen molar-refractivity contribution in [1.82, 2.24) is 19.6 Å². The summed E-state index contributed by atoms with van der Waals surface area (Å²) in [6.45, 7) is 2.20. The third-order valence-electron chi connectivity index (χ3n) is 13.0. The summed E-state index contributed by atoms with van der Waals surface area (Å²) in [6.07, 6.45) is -26.3. The topological polar surface area (TPSA) is 250 Å². The van der Waals surface area contributed by atoms with E-state index < -0.39 is 116 Å². The van der Waals surface area contributed by atoms with E-state index in [2.05, 4.69) is 14.9 Å². The van der Waals surface area contributed by atoms with E-state index in [9.17, 15) is 66.9 Å². The summed E-state index contributed by atoms with van der Waals surface area (Å²) in [5.41, 5.74) is 1.66. The molecule has 430 valence electrons. The molecular weight excluding hydrogens is 1050 g/mol. The highest BCUT2D eigenvalue weighted by atomic mass is 19.4. The molecule has 0 bridgehead atoms. The van der Waals surface area contributed by atoms with Crippen molar-refractivity contribution in [3.8, 4) is 11.8 Å². The van der Waals surface area contributed by atoms with E-state index >= 15 is 0 Å². The van der Waals surface area contributed by atoms with E-state index in [1.54, 1.807) is 84.9 Å². The second-order valence-corrected chi connectivity index (χ2v) is 18.5. The van der Waals surface area contributed by atoms with Gasteiger partial charge in [-0.2, -0.15) is 26.3 Å². The highest BCUT2D eigenvalue weighted by Gasteiger charge is 2.49. The van der Waals surface area contributed by atoms with Crippen molar-refractivity contribution < 1.29 is 95.3 Å². The zero-order chi connectivity index (χ0) is 56.5. The predicted octanol–water partition coefficient (Wildman–Crippen LogP) is 5.99. The van der Waals surface area contributed by atoms with Crippen molar-refractivity contribution >= 4 is 6.16 Å².